The Morgan fingerprint density at radius 3 is 2.87 bits per heavy atom. The van der Waals surface area contributed by atoms with Gasteiger partial charge in [0, 0.05) is 16.6 Å². The summed E-state index contributed by atoms with van der Waals surface area (Å²) >= 11 is 4.33. The normalized spacial score (nSPS) is 11.1. The minimum absolute atomic E-state index is 0.174. The molecule has 11 heteroatoms. The van der Waals surface area contributed by atoms with E-state index in [1.807, 2.05) is 35.7 Å². The first kappa shape index (κ1) is 19.8. The van der Waals surface area contributed by atoms with Gasteiger partial charge in [-0.3, -0.25) is 4.79 Å². The van der Waals surface area contributed by atoms with Crippen LogP contribution >= 0.6 is 34.4 Å². The van der Waals surface area contributed by atoms with Crippen molar-refractivity contribution in [3.8, 4) is 17.1 Å². The first-order valence-corrected chi connectivity index (χ1v) is 11.8. The van der Waals surface area contributed by atoms with E-state index in [2.05, 4.69) is 25.5 Å². The lowest BCUT2D eigenvalue weighted by atomic mass is 10.2. The molecule has 5 aromatic rings. The van der Waals surface area contributed by atoms with Crippen LogP contribution in [-0.4, -0.2) is 27.3 Å². The second kappa shape index (κ2) is 8.53. The number of rotatable bonds is 7. The van der Waals surface area contributed by atoms with Crippen LogP contribution < -0.4 is 15.6 Å². The summed E-state index contributed by atoms with van der Waals surface area (Å²) < 4.78 is 11.4. The fourth-order valence-corrected chi connectivity index (χ4v) is 5.51. The van der Waals surface area contributed by atoms with Gasteiger partial charge in [0.25, 0.3) is 5.56 Å². The molecule has 0 aliphatic rings. The van der Waals surface area contributed by atoms with Crippen LogP contribution in [0.15, 0.2) is 61.6 Å². The minimum atomic E-state index is -0.174. The van der Waals surface area contributed by atoms with Gasteiger partial charge in [0.2, 0.25) is 5.13 Å². The molecule has 0 aliphatic carbocycles. The Bertz CT molecular complexity index is 1370. The Hall–Kier alpha value is -3.15. The highest BCUT2D eigenvalue weighted by Crippen LogP contribution is 2.32. The highest BCUT2D eigenvalue weighted by atomic mass is 32.2. The second-order valence-corrected chi connectivity index (χ2v) is 9.39. The molecule has 5 rings (SSSR count). The fourth-order valence-electron chi connectivity index (χ4n) is 2.92. The van der Waals surface area contributed by atoms with Gasteiger partial charge in [-0.15, -0.1) is 21.5 Å². The van der Waals surface area contributed by atoms with Crippen molar-refractivity contribution in [2.24, 2.45) is 0 Å². The van der Waals surface area contributed by atoms with Crippen molar-refractivity contribution in [1.82, 2.24) is 20.2 Å². The zero-order valence-corrected chi connectivity index (χ0v) is 18.6. The number of anilines is 2. The number of aromatic amines is 1. The largest absolute Gasteiger partial charge is 0.497 e. The molecule has 0 fully saturated rings. The van der Waals surface area contributed by atoms with E-state index in [0.29, 0.717) is 32.7 Å². The van der Waals surface area contributed by atoms with Crippen LogP contribution in [0, 0.1) is 0 Å². The molecule has 2 N–H and O–H groups in total. The molecule has 0 saturated carbocycles. The summed E-state index contributed by atoms with van der Waals surface area (Å²) in [6.07, 6.45) is 1.59. The van der Waals surface area contributed by atoms with Gasteiger partial charge in [-0.25, -0.2) is 4.98 Å². The number of fused-ring (bicyclic) bond motifs is 1. The zero-order chi connectivity index (χ0) is 21.2. The number of methoxy groups -OCH3 is 1. The average molecular weight is 470 g/mol. The zero-order valence-electron chi connectivity index (χ0n) is 16.1. The number of thiophene rings is 1. The summed E-state index contributed by atoms with van der Waals surface area (Å²) in [5.41, 5.74) is 1.48. The molecule has 4 heterocycles. The van der Waals surface area contributed by atoms with Gasteiger partial charge in [0.15, 0.2) is 4.34 Å². The molecular weight excluding hydrogens is 454 g/mol. The third-order valence-electron chi connectivity index (χ3n) is 4.36. The van der Waals surface area contributed by atoms with E-state index >= 15 is 0 Å². The molecule has 0 atom stereocenters. The maximum absolute atomic E-state index is 12.7. The molecule has 31 heavy (non-hydrogen) atoms. The number of hydrogen-bond acceptors (Lipinski definition) is 10. The summed E-state index contributed by atoms with van der Waals surface area (Å²) in [6.45, 7) is 0. The van der Waals surface area contributed by atoms with Gasteiger partial charge in [-0.1, -0.05) is 23.1 Å². The highest BCUT2D eigenvalue weighted by molar-refractivity contribution is 8.00. The quantitative estimate of drug-likeness (QED) is 0.316. The SMILES string of the molecule is COc1ccc(Nc2nnc(SCc3nc4scc(-c5ccco5)c4c(=O)[nH]3)s2)cc1. The van der Waals surface area contributed by atoms with Crippen molar-refractivity contribution in [3.63, 3.8) is 0 Å². The second-order valence-electron chi connectivity index (χ2n) is 6.33. The molecule has 0 saturated heterocycles. The van der Waals surface area contributed by atoms with Crippen LogP contribution in [0.4, 0.5) is 10.8 Å². The number of H-pyrrole nitrogens is 1. The fraction of sp³-hybridized carbons (Fsp3) is 0.100. The predicted molar refractivity (Wildman–Crippen MR) is 124 cm³/mol. The molecule has 4 aromatic heterocycles. The molecule has 0 aliphatic heterocycles. The molecule has 0 radical (unpaired) electrons. The number of furan rings is 1. The molecule has 1 aromatic carbocycles. The van der Waals surface area contributed by atoms with Crippen LogP contribution in [0.5, 0.6) is 5.75 Å². The first-order chi connectivity index (χ1) is 15.2. The Labute approximate surface area is 188 Å². The predicted octanol–water partition coefficient (Wildman–Crippen LogP) is 5.14. The van der Waals surface area contributed by atoms with Gasteiger partial charge >= 0.3 is 0 Å². The summed E-state index contributed by atoms with van der Waals surface area (Å²) in [5.74, 6) is 2.53. The number of nitrogens with one attached hydrogen (secondary N) is 2. The van der Waals surface area contributed by atoms with E-state index in [4.69, 9.17) is 9.15 Å². The van der Waals surface area contributed by atoms with Crippen molar-refractivity contribution >= 4 is 55.5 Å². The third kappa shape index (κ3) is 4.20. The van der Waals surface area contributed by atoms with E-state index in [1.54, 1.807) is 19.4 Å². The van der Waals surface area contributed by atoms with Gasteiger partial charge in [-0.2, -0.15) is 0 Å². The summed E-state index contributed by atoms with van der Waals surface area (Å²) in [5, 5.41) is 14.7. The Morgan fingerprint density at radius 2 is 2.10 bits per heavy atom. The molecule has 156 valence electrons. The van der Waals surface area contributed by atoms with Crippen LogP contribution in [0.3, 0.4) is 0 Å². The maximum atomic E-state index is 12.7. The van der Waals surface area contributed by atoms with Crippen LogP contribution in [0.1, 0.15) is 5.82 Å². The summed E-state index contributed by atoms with van der Waals surface area (Å²) in [4.78, 5) is 20.8. The van der Waals surface area contributed by atoms with Crippen LogP contribution in [-0.2, 0) is 5.75 Å². The molecule has 8 nitrogen and oxygen atoms in total. The summed E-state index contributed by atoms with van der Waals surface area (Å²) in [7, 11) is 1.63. The number of ether oxygens (including phenoxy) is 1. The van der Waals surface area contributed by atoms with E-state index in [-0.39, 0.29) is 5.56 Å². The van der Waals surface area contributed by atoms with Crippen molar-refractivity contribution < 1.29 is 9.15 Å². The van der Waals surface area contributed by atoms with Crippen molar-refractivity contribution in [2.45, 2.75) is 10.1 Å². The lowest BCUT2D eigenvalue weighted by Crippen LogP contribution is -2.10. The van der Waals surface area contributed by atoms with Gasteiger partial charge < -0.3 is 19.5 Å². The van der Waals surface area contributed by atoms with Crippen LogP contribution in [0.2, 0.25) is 0 Å². The first-order valence-electron chi connectivity index (χ1n) is 9.11. The molecule has 0 spiro atoms. The molecular formula is C20H15N5O3S3. The van der Waals surface area contributed by atoms with Gasteiger partial charge in [0.1, 0.15) is 22.2 Å². The van der Waals surface area contributed by atoms with Crippen LogP contribution in [0.25, 0.3) is 21.5 Å². The number of aromatic nitrogens is 4. The molecule has 0 bridgehead atoms. The Morgan fingerprint density at radius 1 is 1.23 bits per heavy atom. The maximum Gasteiger partial charge on any atom is 0.260 e. The topological polar surface area (TPSA) is 106 Å². The lowest BCUT2D eigenvalue weighted by molar-refractivity contribution is 0.415. The monoisotopic (exact) mass is 469 g/mol. The van der Waals surface area contributed by atoms with E-state index in [0.717, 1.165) is 21.3 Å². The van der Waals surface area contributed by atoms with Crippen molar-refractivity contribution in [3.05, 3.63) is 64.2 Å². The van der Waals surface area contributed by atoms with Crippen molar-refractivity contribution in [1.29, 1.82) is 0 Å². The van der Waals surface area contributed by atoms with E-state index in [9.17, 15) is 4.79 Å². The average Bonchev–Trinajstić information content (AvgIpc) is 3.53. The highest BCUT2D eigenvalue weighted by Gasteiger charge is 2.15. The number of benzene rings is 1. The van der Waals surface area contributed by atoms with Gasteiger partial charge in [-0.05, 0) is 36.4 Å². The number of nitrogens with zero attached hydrogens (tertiary/aromatic N) is 3. The lowest BCUT2D eigenvalue weighted by Gasteiger charge is -2.03. The Kier molecular flexibility index (Phi) is 5.45. The molecule has 0 unspecified atom stereocenters. The standard InChI is InChI=1S/C20H15N5O3S3/c1-27-12-6-4-11(5-7-12)21-19-24-25-20(31-19)30-10-15-22-17(26)16-13(9-29-18(16)23-15)14-3-2-8-28-14/h2-9H,10H2,1H3,(H,21,24)(H,22,23,26). The van der Waals surface area contributed by atoms with E-state index < -0.39 is 0 Å². The smallest absolute Gasteiger partial charge is 0.260 e. The van der Waals surface area contributed by atoms with Crippen molar-refractivity contribution in [2.75, 3.05) is 12.4 Å². The van der Waals surface area contributed by atoms with Gasteiger partial charge in [0.05, 0.1) is 24.5 Å². The molecule has 0 amide bonds. The Balaban J connectivity index is 1.28. The number of thioether (sulfide) groups is 1. The summed E-state index contributed by atoms with van der Waals surface area (Å²) in [6, 6.07) is 11.2. The third-order valence-corrected chi connectivity index (χ3v) is 7.22. The minimum Gasteiger partial charge on any atom is -0.497 e. The number of hydrogen-bond donors (Lipinski definition) is 2. The van der Waals surface area contributed by atoms with E-state index in [1.165, 1.54) is 34.4 Å².